The van der Waals surface area contributed by atoms with Crippen LogP contribution in [0.1, 0.15) is 0 Å². The molecule has 1 aliphatic rings. The summed E-state index contributed by atoms with van der Waals surface area (Å²) in [6.07, 6.45) is 1.34. The van der Waals surface area contributed by atoms with E-state index in [1.165, 1.54) is 6.20 Å². The Morgan fingerprint density at radius 1 is 1.88 bits per heavy atom. The Hall–Kier alpha value is -0.440. The molecular formula is C3HClN2OS. The zero-order valence-electron chi connectivity index (χ0n) is 3.67. The van der Waals surface area contributed by atoms with E-state index >= 15 is 0 Å². The molecule has 0 fully saturated rings. The van der Waals surface area contributed by atoms with E-state index in [0.717, 1.165) is 0 Å². The molecule has 1 atom stereocenters. The molecule has 0 N–H and O–H groups in total. The highest BCUT2D eigenvalue weighted by Gasteiger charge is 2.03. The molecule has 0 spiro atoms. The summed E-state index contributed by atoms with van der Waals surface area (Å²) < 4.78 is 3.80. The number of rotatable bonds is 0. The van der Waals surface area contributed by atoms with Gasteiger partial charge in [-0.1, -0.05) is 11.6 Å². The van der Waals surface area contributed by atoms with Gasteiger partial charge in [-0.05, 0) is 0 Å². The molecule has 1 rings (SSSR count). The van der Waals surface area contributed by atoms with Crippen molar-refractivity contribution in [2.24, 2.45) is 9.63 Å². The van der Waals surface area contributed by atoms with Crippen LogP contribution in [0.4, 0.5) is 0 Å². The molecule has 0 saturated carbocycles. The van der Waals surface area contributed by atoms with E-state index in [4.69, 9.17) is 11.6 Å². The molecule has 0 amide bonds. The summed E-state index contributed by atoms with van der Waals surface area (Å²) in [5.41, 5.74) is 0. The molecule has 0 radical (unpaired) electrons. The van der Waals surface area contributed by atoms with Gasteiger partial charge in [0.25, 0.3) is 0 Å². The second kappa shape index (κ2) is 2.22. The van der Waals surface area contributed by atoms with Gasteiger partial charge in [-0.15, -0.1) is 9.63 Å². The molecule has 8 heavy (non-hydrogen) atoms. The lowest BCUT2D eigenvalue weighted by atomic mass is 11.1. The predicted molar refractivity (Wildman–Crippen MR) is 32.1 cm³/mol. The van der Waals surface area contributed by atoms with Crippen molar-refractivity contribution in [3.8, 4) is 0 Å². The quantitative estimate of drug-likeness (QED) is 0.483. The van der Waals surface area contributed by atoms with Crippen molar-refractivity contribution in [3.63, 3.8) is 0 Å². The minimum absolute atomic E-state index is 0.361. The van der Waals surface area contributed by atoms with Crippen LogP contribution in [0.15, 0.2) is 20.2 Å². The zero-order chi connectivity index (χ0) is 5.98. The van der Waals surface area contributed by atoms with Crippen molar-refractivity contribution in [3.05, 3.63) is 10.6 Å². The minimum atomic E-state index is -0.900. The lowest BCUT2D eigenvalue weighted by molar-refractivity contribution is 0.572. The fraction of sp³-hybridized carbons (Fsp3) is 0. The van der Waals surface area contributed by atoms with Gasteiger partial charge in [0.15, 0.2) is 5.23 Å². The third kappa shape index (κ3) is 0.865. The first kappa shape index (κ1) is 5.69. The summed E-state index contributed by atoms with van der Waals surface area (Å²) in [4.78, 5) is 9.83. The Morgan fingerprint density at radius 2 is 2.62 bits per heavy atom. The Bertz CT molecular complexity index is 215. The lowest BCUT2D eigenvalue weighted by Crippen LogP contribution is -1.54. The number of carbonyl (C=O) groups excluding carboxylic acids is 1. The molecule has 0 aromatic rings. The molecule has 5 heteroatoms. The molecule has 0 aliphatic carbocycles. The molecule has 3 nitrogen and oxygen atoms in total. The van der Waals surface area contributed by atoms with Gasteiger partial charge in [-0.3, -0.25) is 0 Å². The van der Waals surface area contributed by atoms with Crippen molar-refractivity contribution >= 4 is 27.5 Å². The maximum Gasteiger partial charge on any atom is 0.185 e. The fourth-order valence-corrected chi connectivity index (χ4v) is 0.972. The van der Waals surface area contributed by atoms with Crippen LogP contribution < -0.4 is 0 Å². The maximum absolute atomic E-state index is 9.83. The molecule has 0 saturated heterocycles. The van der Waals surface area contributed by atoms with E-state index in [9.17, 15) is 4.79 Å². The van der Waals surface area contributed by atoms with Crippen LogP contribution in [0, 0.1) is 0 Å². The van der Waals surface area contributed by atoms with E-state index in [2.05, 4.69) is 9.63 Å². The molecule has 1 unspecified atom stereocenters. The van der Waals surface area contributed by atoms with Gasteiger partial charge in [-0.2, -0.15) is 0 Å². The van der Waals surface area contributed by atoms with E-state index in [-0.39, 0.29) is 0 Å². The average Bonchev–Trinajstić information content (AvgIpc) is 2.14. The first-order chi connectivity index (χ1) is 3.84. The van der Waals surface area contributed by atoms with E-state index in [0.29, 0.717) is 4.36 Å². The van der Waals surface area contributed by atoms with Gasteiger partial charge in [-0.25, -0.2) is 4.79 Å². The topological polar surface area (TPSA) is 41.8 Å². The number of halogens is 1. The highest BCUT2D eigenvalue weighted by Crippen LogP contribution is 2.33. The Labute approximate surface area is 53.1 Å². The third-order valence-corrected chi connectivity index (χ3v) is 1.98. The smallest absolute Gasteiger partial charge is 0.185 e. The number of hydrogen-bond acceptors (Lipinski definition) is 3. The first-order valence-electron chi connectivity index (χ1n) is 1.73. The maximum atomic E-state index is 9.83. The van der Waals surface area contributed by atoms with Crippen LogP contribution in [0.25, 0.3) is 0 Å². The van der Waals surface area contributed by atoms with Crippen molar-refractivity contribution < 1.29 is 4.79 Å². The van der Waals surface area contributed by atoms with Gasteiger partial charge >= 0.3 is 0 Å². The van der Waals surface area contributed by atoms with Crippen LogP contribution in [0.5, 0.6) is 0 Å². The first-order valence-corrected chi connectivity index (χ1v) is 3.29. The van der Waals surface area contributed by atoms with Crippen molar-refractivity contribution in [2.45, 2.75) is 0 Å². The summed E-state index contributed by atoms with van der Waals surface area (Å²) in [7, 11) is -0.900. The van der Waals surface area contributed by atoms with E-state index < -0.39 is 10.7 Å². The van der Waals surface area contributed by atoms with Gasteiger partial charge in [0.1, 0.15) is 4.36 Å². The average molecular weight is 149 g/mol. The molecule has 42 valence electrons. The van der Waals surface area contributed by atoms with Crippen LogP contribution in [-0.4, -0.2) is 5.23 Å². The molecule has 1 heterocycles. The SMILES string of the molecule is O=C=S1N=NC=C1Cl. The van der Waals surface area contributed by atoms with E-state index in [1.807, 2.05) is 0 Å². The highest BCUT2D eigenvalue weighted by atomic mass is 35.5. The van der Waals surface area contributed by atoms with Crippen LogP contribution >= 0.6 is 22.3 Å². The Kier molecular flexibility index (Phi) is 1.58. The minimum Gasteiger partial charge on any atom is -0.224 e. The van der Waals surface area contributed by atoms with Gasteiger partial charge in [0.05, 0.1) is 16.9 Å². The lowest BCUT2D eigenvalue weighted by Gasteiger charge is -1.78. The van der Waals surface area contributed by atoms with Gasteiger partial charge in [0, 0.05) is 0 Å². The third-order valence-electron chi connectivity index (χ3n) is 0.552. The van der Waals surface area contributed by atoms with Crippen molar-refractivity contribution in [2.75, 3.05) is 0 Å². The van der Waals surface area contributed by atoms with Crippen LogP contribution in [0.3, 0.4) is 0 Å². The monoisotopic (exact) mass is 148 g/mol. The van der Waals surface area contributed by atoms with E-state index in [1.54, 1.807) is 5.23 Å². The standard InChI is InChI=1S/C3HClN2OS/c4-3-1-5-6-8(3)2-7/h1H. The second-order valence-corrected chi connectivity index (χ2v) is 2.97. The summed E-state index contributed by atoms with van der Waals surface area (Å²) in [5, 5.41) is 5.03. The van der Waals surface area contributed by atoms with Gasteiger partial charge < -0.3 is 0 Å². The predicted octanol–water partition coefficient (Wildman–Crippen LogP) is 1.74. The Balaban J connectivity index is 3.05. The van der Waals surface area contributed by atoms with Crippen LogP contribution in [0.2, 0.25) is 0 Å². The van der Waals surface area contributed by atoms with Crippen molar-refractivity contribution in [1.82, 2.24) is 0 Å². The van der Waals surface area contributed by atoms with Crippen molar-refractivity contribution in [1.29, 1.82) is 0 Å². The normalized spacial score (nSPS) is 25.1. The summed E-state index contributed by atoms with van der Waals surface area (Å²) in [6.45, 7) is 0. The summed E-state index contributed by atoms with van der Waals surface area (Å²) in [6, 6.07) is 0. The van der Waals surface area contributed by atoms with Gasteiger partial charge in [0.2, 0.25) is 0 Å². The zero-order valence-corrected chi connectivity index (χ0v) is 5.24. The molecular weight excluding hydrogens is 148 g/mol. The summed E-state index contributed by atoms with van der Waals surface area (Å²) in [5.74, 6) is 0. The largest absolute Gasteiger partial charge is 0.224 e. The number of nitrogens with zero attached hydrogens (tertiary/aromatic N) is 2. The second-order valence-electron chi connectivity index (χ2n) is 0.998. The molecule has 1 aliphatic heterocycles. The Morgan fingerprint density at radius 3 is 2.88 bits per heavy atom. The number of hydrogen-bond donors (Lipinski definition) is 0. The molecule has 0 bridgehead atoms. The highest BCUT2D eigenvalue weighted by molar-refractivity contribution is 8.17. The van der Waals surface area contributed by atoms with Crippen LogP contribution in [-0.2, 0) is 4.79 Å². The summed E-state index contributed by atoms with van der Waals surface area (Å²) >= 11 is 5.40. The fourth-order valence-electron chi connectivity index (χ4n) is 0.261. The molecule has 0 aromatic carbocycles. The molecule has 0 aromatic heterocycles.